The lowest BCUT2D eigenvalue weighted by Crippen LogP contribution is -2.56. The van der Waals surface area contributed by atoms with Gasteiger partial charge in [0, 0.05) is 20.1 Å². The van der Waals surface area contributed by atoms with Gasteiger partial charge in [-0.25, -0.2) is 4.98 Å². The van der Waals surface area contributed by atoms with E-state index in [2.05, 4.69) is 15.6 Å². The topological polar surface area (TPSA) is 104 Å². The number of likely N-dealkylation sites (N-methyl/N-ethyl adjacent to an activating group) is 1. The lowest BCUT2D eigenvalue weighted by Gasteiger charge is -2.35. The second-order valence-corrected chi connectivity index (χ2v) is 10.7. The molecular weight excluding hydrogens is 452 g/mol. The highest BCUT2D eigenvalue weighted by Gasteiger charge is 2.43. The molecule has 0 radical (unpaired) electrons. The van der Waals surface area contributed by atoms with Gasteiger partial charge in [-0.3, -0.25) is 9.59 Å². The molecule has 0 unspecified atom stereocenters. The van der Waals surface area contributed by atoms with E-state index in [1.165, 1.54) is 4.90 Å². The number of rotatable bonds is 8. The number of ether oxygens (including phenoxy) is 1. The molecule has 8 nitrogen and oxygen atoms in total. The quantitative estimate of drug-likeness (QED) is 0.528. The lowest BCUT2D eigenvalue weighted by atomic mass is 9.86. The number of carbonyl (C=O) groups is 2. The highest BCUT2D eigenvalue weighted by atomic mass is 32.1. The molecule has 186 valence electrons. The van der Waals surface area contributed by atoms with Crippen molar-refractivity contribution in [2.45, 2.75) is 58.3 Å². The van der Waals surface area contributed by atoms with Crippen molar-refractivity contribution < 1.29 is 19.4 Å². The van der Waals surface area contributed by atoms with Crippen molar-refractivity contribution in [2.75, 3.05) is 27.3 Å². The summed E-state index contributed by atoms with van der Waals surface area (Å²) in [4.78, 5) is 33.5. The first-order valence-corrected chi connectivity index (χ1v) is 12.4. The van der Waals surface area contributed by atoms with Crippen LogP contribution in [-0.2, 0) is 14.3 Å². The standard InChI is InChI=1S/C25H36N4O4S/c1-15-21(34-14-27-15)17-9-7-16(8-10-17)19(13-33-6)28-23(31)20-11-18(30)12-29(20)24(32)22(26-5)25(2,3)4/h7-10,14,18-20,22,26,30H,11-13H2,1-6H3,(H,28,31)/t18-,19+,20+,22-/m1/s1. The van der Waals surface area contributed by atoms with E-state index in [0.29, 0.717) is 0 Å². The molecule has 0 bridgehead atoms. The van der Waals surface area contributed by atoms with E-state index in [4.69, 9.17) is 4.74 Å². The number of thiazole rings is 1. The molecule has 1 aromatic carbocycles. The molecule has 3 rings (SSSR count). The number of carbonyl (C=O) groups excluding carboxylic acids is 2. The predicted molar refractivity (Wildman–Crippen MR) is 133 cm³/mol. The number of β-amino-alcohol motifs (C(OH)–C–C–N with tert-alkyl or cyclic N) is 1. The van der Waals surface area contributed by atoms with Crippen molar-refractivity contribution in [3.05, 3.63) is 41.0 Å². The Hall–Kier alpha value is -2.33. The van der Waals surface area contributed by atoms with Crippen LogP contribution >= 0.6 is 11.3 Å². The van der Waals surface area contributed by atoms with Gasteiger partial charge >= 0.3 is 0 Å². The number of nitrogens with one attached hydrogen (secondary N) is 2. The molecule has 1 fully saturated rings. The number of aryl methyl sites for hydroxylation is 1. The summed E-state index contributed by atoms with van der Waals surface area (Å²) in [6, 6.07) is 6.39. The number of likely N-dealkylation sites (tertiary alicyclic amines) is 1. The number of amides is 2. The maximum absolute atomic E-state index is 13.3. The maximum atomic E-state index is 13.3. The molecule has 2 aromatic rings. The molecule has 3 N–H and O–H groups in total. The van der Waals surface area contributed by atoms with E-state index in [1.807, 2.05) is 57.5 Å². The monoisotopic (exact) mass is 488 g/mol. The van der Waals surface area contributed by atoms with Gasteiger partial charge < -0.3 is 25.4 Å². The zero-order valence-corrected chi connectivity index (χ0v) is 21.6. The van der Waals surface area contributed by atoms with Crippen LogP contribution < -0.4 is 10.6 Å². The lowest BCUT2D eigenvalue weighted by molar-refractivity contribution is -0.142. The van der Waals surface area contributed by atoms with Crippen molar-refractivity contribution in [1.82, 2.24) is 20.5 Å². The van der Waals surface area contributed by atoms with E-state index >= 15 is 0 Å². The summed E-state index contributed by atoms with van der Waals surface area (Å²) >= 11 is 1.59. The van der Waals surface area contributed by atoms with Crippen LogP contribution in [0.4, 0.5) is 0 Å². The van der Waals surface area contributed by atoms with Gasteiger partial charge in [-0.2, -0.15) is 0 Å². The van der Waals surface area contributed by atoms with Crippen LogP contribution in [0.1, 0.15) is 44.5 Å². The number of aliphatic hydroxyl groups excluding tert-OH is 1. The molecule has 2 heterocycles. The predicted octanol–water partition coefficient (Wildman–Crippen LogP) is 2.52. The van der Waals surface area contributed by atoms with E-state index in [1.54, 1.807) is 25.5 Å². The van der Waals surface area contributed by atoms with E-state index in [9.17, 15) is 14.7 Å². The molecule has 1 saturated heterocycles. The molecule has 1 aliphatic heterocycles. The molecule has 9 heteroatoms. The first kappa shape index (κ1) is 26.3. The molecule has 1 aromatic heterocycles. The third-order valence-corrected chi connectivity index (χ3v) is 7.21. The summed E-state index contributed by atoms with van der Waals surface area (Å²) in [5.41, 5.74) is 4.45. The first-order valence-electron chi connectivity index (χ1n) is 11.5. The second kappa shape index (κ2) is 10.9. The largest absolute Gasteiger partial charge is 0.391 e. The fourth-order valence-electron chi connectivity index (χ4n) is 4.50. The average Bonchev–Trinajstić information content (AvgIpc) is 3.38. The summed E-state index contributed by atoms with van der Waals surface area (Å²) in [6.45, 7) is 8.33. The average molecular weight is 489 g/mol. The molecular formula is C25H36N4O4S. The number of aromatic nitrogens is 1. The van der Waals surface area contributed by atoms with E-state index in [0.717, 1.165) is 21.7 Å². The fourth-order valence-corrected chi connectivity index (χ4v) is 5.31. The van der Waals surface area contributed by atoms with Crippen molar-refractivity contribution in [3.8, 4) is 10.4 Å². The zero-order valence-electron chi connectivity index (χ0n) is 20.8. The molecule has 34 heavy (non-hydrogen) atoms. The summed E-state index contributed by atoms with van der Waals surface area (Å²) in [5, 5.41) is 16.4. The number of nitrogens with zero attached hydrogens (tertiary/aromatic N) is 2. The van der Waals surface area contributed by atoms with Gasteiger partial charge in [0.15, 0.2) is 0 Å². The van der Waals surface area contributed by atoms with E-state index < -0.39 is 18.2 Å². The van der Waals surface area contributed by atoms with Crippen LogP contribution in [0, 0.1) is 12.3 Å². The van der Waals surface area contributed by atoms with Gasteiger partial charge in [-0.15, -0.1) is 11.3 Å². The number of methoxy groups -OCH3 is 1. The fraction of sp³-hybridized carbons (Fsp3) is 0.560. The molecule has 4 atom stereocenters. The van der Waals surface area contributed by atoms with Crippen LogP contribution in [0.5, 0.6) is 0 Å². The highest BCUT2D eigenvalue weighted by Crippen LogP contribution is 2.29. The van der Waals surface area contributed by atoms with E-state index in [-0.39, 0.29) is 42.8 Å². The number of aliphatic hydroxyl groups is 1. The van der Waals surface area contributed by atoms with Crippen molar-refractivity contribution in [2.24, 2.45) is 5.41 Å². The highest BCUT2D eigenvalue weighted by molar-refractivity contribution is 7.13. The maximum Gasteiger partial charge on any atom is 0.243 e. The van der Waals surface area contributed by atoms with Crippen LogP contribution in [0.25, 0.3) is 10.4 Å². The Kier molecular flexibility index (Phi) is 8.46. The van der Waals surface area contributed by atoms with Crippen molar-refractivity contribution >= 4 is 23.2 Å². The summed E-state index contributed by atoms with van der Waals surface area (Å²) in [6.07, 6.45) is -0.526. The summed E-state index contributed by atoms with van der Waals surface area (Å²) < 4.78 is 5.38. The van der Waals surface area contributed by atoms with Gasteiger partial charge in [0.2, 0.25) is 11.8 Å². The Balaban J connectivity index is 1.77. The van der Waals surface area contributed by atoms with Gasteiger partial charge in [-0.1, -0.05) is 45.0 Å². The smallest absolute Gasteiger partial charge is 0.243 e. The van der Waals surface area contributed by atoms with Crippen LogP contribution in [0.2, 0.25) is 0 Å². The number of hydrogen-bond donors (Lipinski definition) is 3. The minimum absolute atomic E-state index is 0.142. The summed E-state index contributed by atoms with van der Waals surface area (Å²) in [5.74, 6) is -0.475. The molecule has 0 aliphatic carbocycles. The van der Waals surface area contributed by atoms with Gasteiger partial charge in [0.1, 0.15) is 6.04 Å². The first-order chi connectivity index (χ1) is 16.1. The Morgan fingerprint density at radius 1 is 1.29 bits per heavy atom. The molecule has 1 aliphatic rings. The van der Waals surface area contributed by atoms with Crippen molar-refractivity contribution in [3.63, 3.8) is 0 Å². The van der Waals surface area contributed by atoms with Gasteiger partial charge in [0.05, 0.1) is 40.9 Å². The van der Waals surface area contributed by atoms with Gasteiger partial charge in [0.25, 0.3) is 0 Å². The van der Waals surface area contributed by atoms with Crippen LogP contribution in [-0.4, -0.2) is 72.3 Å². The summed E-state index contributed by atoms with van der Waals surface area (Å²) in [7, 11) is 3.33. The minimum Gasteiger partial charge on any atom is -0.391 e. The Labute approximate surface area is 205 Å². The molecule has 0 spiro atoms. The Morgan fingerprint density at radius 3 is 2.50 bits per heavy atom. The normalized spacial score (nSPS) is 20.3. The number of hydrogen-bond acceptors (Lipinski definition) is 7. The number of benzene rings is 1. The zero-order chi connectivity index (χ0) is 25.0. The minimum atomic E-state index is -0.737. The third-order valence-electron chi connectivity index (χ3n) is 6.24. The second-order valence-electron chi connectivity index (χ2n) is 9.89. The van der Waals surface area contributed by atoms with Crippen LogP contribution in [0.15, 0.2) is 29.8 Å². The SMILES string of the molecule is CN[C@H](C(=O)N1C[C@H](O)C[C@H]1C(=O)N[C@@H](COC)c1ccc(-c2scnc2C)cc1)C(C)(C)C. The van der Waals surface area contributed by atoms with Crippen molar-refractivity contribution in [1.29, 1.82) is 0 Å². The van der Waals surface area contributed by atoms with Crippen LogP contribution in [0.3, 0.4) is 0 Å². The molecule has 0 saturated carbocycles. The third kappa shape index (κ3) is 5.83. The van der Waals surface area contributed by atoms with Gasteiger partial charge in [-0.05, 0) is 30.5 Å². The molecule has 2 amide bonds. The Bertz CT molecular complexity index is 986. The Morgan fingerprint density at radius 2 is 1.97 bits per heavy atom.